The highest BCUT2D eigenvalue weighted by molar-refractivity contribution is 5.99. The van der Waals surface area contributed by atoms with E-state index in [9.17, 15) is 29.4 Å². The van der Waals surface area contributed by atoms with Crippen LogP contribution in [0.4, 0.5) is 0 Å². The summed E-state index contributed by atoms with van der Waals surface area (Å²) in [7, 11) is 1.15. The van der Waals surface area contributed by atoms with Crippen molar-refractivity contribution in [1.82, 2.24) is 0 Å². The molecule has 4 aliphatic rings. The van der Waals surface area contributed by atoms with Crippen molar-refractivity contribution in [3.8, 4) is 0 Å². The first-order valence-corrected chi connectivity index (χ1v) is 14.2. The first kappa shape index (κ1) is 29.5. The first-order chi connectivity index (χ1) is 19.0. The van der Waals surface area contributed by atoms with Crippen LogP contribution in [0.1, 0.15) is 72.5 Å². The van der Waals surface area contributed by atoms with E-state index in [4.69, 9.17) is 18.6 Å². The summed E-state index contributed by atoms with van der Waals surface area (Å²) in [4.78, 5) is 53.3. The highest BCUT2D eigenvalue weighted by Gasteiger charge is 2.75. The molecule has 1 aliphatic heterocycles. The summed E-state index contributed by atoms with van der Waals surface area (Å²) in [6.07, 6.45) is 1.87. The summed E-state index contributed by atoms with van der Waals surface area (Å²) in [6, 6.07) is 1.76. The molecule has 9 atom stereocenters. The molecule has 2 heterocycles. The average molecular weight is 573 g/mol. The van der Waals surface area contributed by atoms with Crippen molar-refractivity contribution in [1.29, 1.82) is 0 Å². The molecule has 10 nitrogen and oxygen atoms in total. The summed E-state index contributed by atoms with van der Waals surface area (Å²) in [5.74, 6) is -5.18. The monoisotopic (exact) mass is 572 g/mol. The number of ether oxygens (including phenoxy) is 3. The lowest BCUT2D eigenvalue weighted by molar-refractivity contribution is -0.237. The fourth-order valence-corrected chi connectivity index (χ4v) is 8.74. The highest BCUT2D eigenvalue weighted by atomic mass is 16.6. The third kappa shape index (κ3) is 3.96. The summed E-state index contributed by atoms with van der Waals surface area (Å²) in [6.45, 7) is 10.4. The number of carbonyl (C=O) groups is 4. The molecule has 0 radical (unpaired) electrons. The van der Waals surface area contributed by atoms with Crippen LogP contribution >= 0.6 is 0 Å². The Balaban J connectivity index is 1.73. The largest absolute Gasteiger partial charge is 0.472 e. The number of aliphatic hydroxyl groups excluding tert-OH is 1. The number of Topliss-reactive ketones (excluding diaryl/α,β-unsaturated/α-hetero) is 1. The van der Waals surface area contributed by atoms with Gasteiger partial charge >= 0.3 is 17.9 Å². The van der Waals surface area contributed by atoms with Gasteiger partial charge in [-0.25, -0.2) is 4.79 Å². The minimum atomic E-state index is -2.26. The van der Waals surface area contributed by atoms with Gasteiger partial charge in [0.25, 0.3) is 0 Å². The number of furan rings is 1. The number of hydrogen-bond donors (Lipinski definition) is 2. The molecule has 224 valence electrons. The minimum Gasteiger partial charge on any atom is -0.472 e. The van der Waals surface area contributed by atoms with Crippen molar-refractivity contribution < 1.29 is 48.0 Å². The number of hydrogen-bond acceptors (Lipinski definition) is 10. The van der Waals surface area contributed by atoms with Crippen molar-refractivity contribution in [3.05, 3.63) is 35.8 Å². The van der Waals surface area contributed by atoms with Crippen LogP contribution in [0.3, 0.4) is 0 Å². The Labute approximate surface area is 239 Å². The lowest BCUT2D eigenvalue weighted by Crippen LogP contribution is -2.76. The zero-order valence-electron chi connectivity index (χ0n) is 24.6. The first-order valence-electron chi connectivity index (χ1n) is 14.2. The maximum atomic E-state index is 14.5. The van der Waals surface area contributed by atoms with E-state index in [0.717, 1.165) is 7.11 Å². The van der Waals surface area contributed by atoms with Crippen LogP contribution in [0.2, 0.25) is 0 Å². The van der Waals surface area contributed by atoms with Gasteiger partial charge in [0, 0.05) is 27.7 Å². The molecule has 1 aromatic heterocycles. The summed E-state index contributed by atoms with van der Waals surface area (Å²) < 4.78 is 22.0. The van der Waals surface area contributed by atoms with Gasteiger partial charge in [-0.05, 0) is 36.8 Å². The molecule has 1 saturated heterocycles. The van der Waals surface area contributed by atoms with E-state index in [-0.39, 0.29) is 6.42 Å². The number of allylic oxidation sites excluding steroid dienone is 1. The molecule has 2 N–H and O–H groups in total. The summed E-state index contributed by atoms with van der Waals surface area (Å²) >= 11 is 0. The smallest absolute Gasteiger partial charge is 0.335 e. The molecule has 3 aliphatic carbocycles. The predicted molar refractivity (Wildman–Crippen MR) is 143 cm³/mol. The number of cyclic esters (lactones) is 1. The van der Waals surface area contributed by atoms with Crippen molar-refractivity contribution in [2.75, 3.05) is 7.11 Å². The molecule has 0 aromatic carbocycles. The van der Waals surface area contributed by atoms with E-state index in [2.05, 4.69) is 0 Å². The fraction of sp³-hybridized carbons (Fsp3) is 0.677. The van der Waals surface area contributed by atoms with Crippen LogP contribution in [-0.4, -0.2) is 58.8 Å². The van der Waals surface area contributed by atoms with Crippen molar-refractivity contribution in [3.63, 3.8) is 0 Å². The van der Waals surface area contributed by atoms with Gasteiger partial charge in [0.1, 0.15) is 12.2 Å². The molecule has 0 amide bonds. The van der Waals surface area contributed by atoms with Gasteiger partial charge in [-0.1, -0.05) is 47.1 Å². The van der Waals surface area contributed by atoms with Crippen LogP contribution in [0, 0.1) is 39.9 Å². The Morgan fingerprint density at radius 1 is 1.10 bits per heavy atom. The topological polar surface area (TPSA) is 150 Å². The molecule has 5 rings (SSSR count). The highest BCUT2D eigenvalue weighted by Crippen LogP contribution is 2.69. The number of rotatable bonds is 5. The van der Waals surface area contributed by atoms with Gasteiger partial charge in [-0.3, -0.25) is 14.4 Å². The lowest BCUT2D eigenvalue weighted by Gasteiger charge is -2.66. The van der Waals surface area contributed by atoms with E-state index >= 15 is 0 Å². The summed E-state index contributed by atoms with van der Waals surface area (Å²) in [5.41, 5.74) is -4.17. The van der Waals surface area contributed by atoms with E-state index < -0.39 is 87.5 Å². The Hall–Kier alpha value is -2.98. The SMILES string of the molecule is COC(=O)[C@H](O)[C@H]1C(C)(C)[C@H](OC(=O)C(C)C)[C@]2(O)C=C3[C@H]4CC(=O)O[C@@H](c5ccoc5)[C@]4(C)CC[C@@H]3[C@@]1(C)C2=O. The molecule has 1 aromatic rings. The number of aliphatic hydroxyl groups is 2. The van der Waals surface area contributed by atoms with Gasteiger partial charge in [0.2, 0.25) is 0 Å². The zero-order valence-corrected chi connectivity index (χ0v) is 24.6. The molecular weight excluding hydrogens is 532 g/mol. The van der Waals surface area contributed by atoms with Crippen LogP contribution in [0.5, 0.6) is 0 Å². The van der Waals surface area contributed by atoms with E-state index in [1.54, 1.807) is 46.9 Å². The van der Waals surface area contributed by atoms with E-state index in [1.807, 2.05) is 6.92 Å². The quantitative estimate of drug-likeness (QED) is 0.306. The number of carbonyl (C=O) groups excluding carboxylic acids is 4. The second kappa shape index (κ2) is 9.52. The van der Waals surface area contributed by atoms with Gasteiger partial charge in [0.05, 0.1) is 32.0 Å². The standard InChI is InChI=1S/C31H40O10/c1-15(2)24(34)41-27-28(3,4)22(21(33)25(35)38-7)30(6)18-8-10-29(5)19(17(18)13-31(27,37)26(30)36)12-20(32)40-23(29)16-9-11-39-14-16/h9,11,13-15,18-19,21-23,27,33,37H,8,10,12H2,1-7H3/t18-,19+,21+,22-,23-,27-,29+,30+,31-/m0/s1. The Morgan fingerprint density at radius 3 is 2.37 bits per heavy atom. The van der Waals surface area contributed by atoms with Crippen LogP contribution in [0.15, 0.2) is 34.7 Å². The molecule has 41 heavy (non-hydrogen) atoms. The lowest BCUT2D eigenvalue weighted by atomic mass is 9.39. The maximum Gasteiger partial charge on any atom is 0.335 e. The second-order valence-corrected chi connectivity index (χ2v) is 13.6. The predicted octanol–water partition coefficient (Wildman–Crippen LogP) is 3.30. The molecule has 0 unspecified atom stereocenters. The third-order valence-electron chi connectivity index (χ3n) is 10.6. The third-order valence-corrected chi connectivity index (χ3v) is 10.6. The van der Waals surface area contributed by atoms with Gasteiger partial charge in [-0.15, -0.1) is 0 Å². The molecule has 10 heteroatoms. The summed E-state index contributed by atoms with van der Waals surface area (Å²) in [5, 5.41) is 23.8. The van der Waals surface area contributed by atoms with Gasteiger partial charge in [0.15, 0.2) is 17.5 Å². The Bertz CT molecular complexity index is 1290. The number of fused-ring (bicyclic) bond motifs is 6. The second-order valence-electron chi connectivity index (χ2n) is 13.6. The van der Waals surface area contributed by atoms with Crippen molar-refractivity contribution in [2.24, 2.45) is 39.9 Å². The number of methoxy groups -OCH3 is 1. The van der Waals surface area contributed by atoms with E-state index in [1.165, 1.54) is 12.3 Å². The molecular formula is C31H40O10. The number of esters is 3. The minimum absolute atomic E-state index is 0.0254. The van der Waals surface area contributed by atoms with Crippen LogP contribution < -0.4 is 0 Å². The van der Waals surface area contributed by atoms with Crippen molar-refractivity contribution in [2.45, 2.75) is 84.7 Å². The van der Waals surface area contributed by atoms with Gasteiger partial charge < -0.3 is 28.8 Å². The average Bonchev–Trinajstić information content (AvgIpc) is 3.44. The normalized spacial score (nSPS) is 40.0. The fourth-order valence-electron chi connectivity index (χ4n) is 8.74. The molecule has 0 spiro atoms. The Kier molecular flexibility index (Phi) is 6.85. The van der Waals surface area contributed by atoms with Crippen LogP contribution in [-0.2, 0) is 33.4 Å². The van der Waals surface area contributed by atoms with Crippen molar-refractivity contribution >= 4 is 23.7 Å². The zero-order chi connectivity index (χ0) is 30.3. The molecule has 2 saturated carbocycles. The Morgan fingerprint density at radius 2 is 1.78 bits per heavy atom. The molecule has 2 bridgehead atoms. The van der Waals surface area contributed by atoms with Gasteiger partial charge in [-0.2, -0.15) is 0 Å². The van der Waals surface area contributed by atoms with E-state index in [0.29, 0.717) is 24.0 Å². The van der Waals surface area contributed by atoms with Crippen LogP contribution in [0.25, 0.3) is 0 Å². The number of ketones is 1. The maximum absolute atomic E-state index is 14.5. The molecule has 3 fully saturated rings.